The quantitative estimate of drug-likeness (QED) is 0.740. The van der Waals surface area contributed by atoms with Crippen LogP contribution in [0.15, 0.2) is 29.2 Å². The van der Waals surface area contributed by atoms with Crippen LogP contribution in [-0.2, 0) is 14.8 Å². The second-order valence-electron chi connectivity index (χ2n) is 4.83. The number of ether oxygens (including phenoxy) is 2. The summed E-state index contributed by atoms with van der Waals surface area (Å²) in [5.41, 5.74) is -0.572. The third kappa shape index (κ3) is 5.09. The van der Waals surface area contributed by atoms with E-state index in [9.17, 15) is 8.42 Å². The second kappa shape index (κ2) is 7.03. The molecule has 0 bridgehead atoms. The molecule has 114 valence electrons. The van der Waals surface area contributed by atoms with Crippen LogP contribution in [0.3, 0.4) is 0 Å². The summed E-state index contributed by atoms with van der Waals surface area (Å²) in [5, 5.41) is 8.64. The fourth-order valence-electron chi connectivity index (χ4n) is 1.30. The predicted octanol–water partition coefficient (Wildman–Crippen LogP) is 0.761. The van der Waals surface area contributed by atoms with E-state index in [-0.39, 0.29) is 24.7 Å². The van der Waals surface area contributed by atoms with Crippen molar-refractivity contribution < 1.29 is 23.0 Å². The molecule has 0 spiro atoms. The Morgan fingerprint density at radius 1 is 1.25 bits per heavy atom. The highest BCUT2D eigenvalue weighted by Crippen LogP contribution is 2.16. The lowest BCUT2D eigenvalue weighted by atomic mass is 10.1. The van der Waals surface area contributed by atoms with Crippen LogP contribution in [0.2, 0.25) is 0 Å². The second-order valence-corrected chi connectivity index (χ2v) is 6.60. The molecule has 6 nitrogen and oxygen atoms in total. The first-order valence-corrected chi connectivity index (χ1v) is 7.67. The van der Waals surface area contributed by atoms with Crippen molar-refractivity contribution in [1.29, 1.82) is 0 Å². The van der Waals surface area contributed by atoms with Crippen LogP contribution >= 0.6 is 0 Å². The van der Waals surface area contributed by atoms with Gasteiger partial charge in [-0.3, -0.25) is 0 Å². The minimum atomic E-state index is -3.58. The topological polar surface area (TPSA) is 84.9 Å². The Morgan fingerprint density at radius 3 is 2.35 bits per heavy atom. The van der Waals surface area contributed by atoms with Gasteiger partial charge in [0.2, 0.25) is 10.0 Å². The minimum Gasteiger partial charge on any atom is -0.491 e. The van der Waals surface area contributed by atoms with Gasteiger partial charge in [-0.1, -0.05) is 0 Å². The molecule has 0 saturated carbocycles. The highest BCUT2D eigenvalue weighted by Gasteiger charge is 2.21. The fourth-order valence-corrected chi connectivity index (χ4v) is 2.50. The van der Waals surface area contributed by atoms with Crippen molar-refractivity contribution in [2.24, 2.45) is 0 Å². The Bertz CT molecular complexity index is 510. The molecule has 0 unspecified atom stereocenters. The highest BCUT2D eigenvalue weighted by molar-refractivity contribution is 7.89. The Hall–Kier alpha value is -1.15. The van der Waals surface area contributed by atoms with Crippen molar-refractivity contribution in [1.82, 2.24) is 4.72 Å². The monoisotopic (exact) mass is 303 g/mol. The average Bonchev–Trinajstić information content (AvgIpc) is 2.44. The number of hydrogen-bond acceptors (Lipinski definition) is 5. The summed E-state index contributed by atoms with van der Waals surface area (Å²) in [4.78, 5) is 0.153. The number of rotatable bonds is 8. The van der Waals surface area contributed by atoms with Gasteiger partial charge in [-0.25, -0.2) is 13.1 Å². The molecule has 0 amide bonds. The van der Waals surface area contributed by atoms with Crippen LogP contribution in [0.4, 0.5) is 0 Å². The lowest BCUT2D eigenvalue weighted by molar-refractivity contribution is 0.0276. The molecular weight excluding hydrogens is 282 g/mol. The van der Waals surface area contributed by atoms with Gasteiger partial charge in [-0.2, -0.15) is 0 Å². The lowest BCUT2D eigenvalue weighted by Gasteiger charge is -2.23. The number of aliphatic hydroxyl groups excluding tert-OH is 1. The molecule has 0 saturated heterocycles. The van der Waals surface area contributed by atoms with Crippen molar-refractivity contribution in [3.63, 3.8) is 0 Å². The summed E-state index contributed by atoms with van der Waals surface area (Å²) in [7, 11) is -2.05. The zero-order valence-electron chi connectivity index (χ0n) is 11.9. The van der Waals surface area contributed by atoms with Crippen LogP contribution < -0.4 is 9.46 Å². The standard InChI is InChI=1S/C13H21NO5S/c1-13(2,18-3)10-14-20(16,17)12-6-4-11(5-7-12)19-9-8-15/h4-7,14-15H,8-10H2,1-3H3. The van der Waals surface area contributed by atoms with Crippen molar-refractivity contribution >= 4 is 10.0 Å². The van der Waals surface area contributed by atoms with Gasteiger partial charge in [0.05, 0.1) is 17.1 Å². The zero-order valence-corrected chi connectivity index (χ0v) is 12.7. The van der Waals surface area contributed by atoms with Crippen LogP contribution in [0.25, 0.3) is 0 Å². The number of aliphatic hydroxyl groups is 1. The van der Waals surface area contributed by atoms with E-state index < -0.39 is 15.6 Å². The van der Waals surface area contributed by atoms with Gasteiger partial charge in [0.25, 0.3) is 0 Å². The van der Waals surface area contributed by atoms with Gasteiger partial charge in [0.1, 0.15) is 12.4 Å². The highest BCUT2D eigenvalue weighted by atomic mass is 32.2. The summed E-state index contributed by atoms with van der Waals surface area (Å²) in [6.07, 6.45) is 0. The number of methoxy groups -OCH3 is 1. The first kappa shape index (κ1) is 16.9. The average molecular weight is 303 g/mol. The largest absolute Gasteiger partial charge is 0.491 e. The Balaban J connectivity index is 2.73. The molecule has 0 heterocycles. The number of sulfonamides is 1. The van der Waals surface area contributed by atoms with Gasteiger partial charge in [0.15, 0.2) is 0 Å². The number of benzene rings is 1. The normalized spacial score (nSPS) is 12.4. The SMILES string of the molecule is COC(C)(C)CNS(=O)(=O)c1ccc(OCCO)cc1. The smallest absolute Gasteiger partial charge is 0.240 e. The molecule has 0 aromatic heterocycles. The maximum absolute atomic E-state index is 12.1. The van der Waals surface area contributed by atoms with E-state index in [1.807, 2.05) is 0 Å². The van der Waals surface area contributed by atoms with Crippen LogP contribution in [0.1, 0.15) is 13.8 Å². The van der Waals surface area contributed by atoms with Crippen LogP contribution in [-0.4, -0.2) is 46.0 Å². The van der Waals surface area contributed by atoms with E-state index in [0.717, 1.165) is 0 Å². The van der Waals surface area contributed by atoms with E-state index >= 15 is 0 Å². The van der Waals surface area contributed by atoms with Gasteiger partial charge in [-0.05, 0) is 38.1 Å². The molecule has 1 rings (SSSR count). The molecule has 20 heavy (non-hydrogen) atoms. The van der Waals surface area contributed by atoms with E-state index in [1.165, 1.54) is 19.2 Å². The molecule has 0 aliphatic rings. The lowest BCUT2D eigenvalue weighted by Crippen LogP contribution is -2.39. The molecule has 0 aliphatic heterocycles. The summed E-state index contributed by atoms with van der Waals surface area (Å²) < 4.78 is 37.0. The van der Waals surface area contributed by atoms with Crippen molar-refractivity contribution in [3.8, 4) is 5.75 Å². The molecule has 1 aromatic rings. The third-order valence-corrected chi connectivity index (χ3v) is 4.15. The van der Waals surface area contributed by atoms with E-state index in [1.54, 1.807) is 26.0 Å². The van der Waals surface area contributed by atoms with Gasteiger partial charge < -0.3 is 14.6 Å². The zero-order chi connectivity index (χ0) is 15.2. The summed E-state index contributed by atoms with van der Waals surface area (Å²) >= 11 is 0. The minimum absolute atomic E-state index is 0.0896. The van der Waals surface area contributed by atoms with Crippen LogP contribution in [0, 0.1) is 0 Å². The fraction of sp³-hybridized carbons (Fsp3) is 0.538. The van der Waals surface area contributed by atoms with E-state index in [2.05, 4.69) is 4.72 Å². The molecule has 0 fully saturated rings. The molecule has 2 N–H and O–H groups in total. The Labute approximate surface area is 119 Å². The van der Waals surface area contributed by atoms with Gasteiger partial charge in [-0.15, -0.1) is 0 Å². The van der Waals surface area contributed by atoms with Crippen LogP contribution in [0.5, 0.6) is 5.75 Å². The number of hydrogen-bond donors (Lipinski definition) is 2. The van der Waals surface area contributed by atoms with Crippen molar-refractivity contribution in [2.75, 3.05) is 26.9 Å². The first-order valence-electron chi connectivity index (χ1n) is 6.19. The van der Waals surface area contributed by atoms with Gasteiger partial charge >= 0.3 is 0 Å². The Morgan fingerprint density at radius 2 is 1.85 bits per heavy atom. The summed E-state index contributed by atoms with van der Waals surface area (Å²) in [6.45, 7) is 3.84. The number of nitrogens with one attached hydrogen (secondary N) is 1. The molecule has 0 atom stereocenters. The van der Waals surface area contributed by atoms with Crippen molar-refractivity contribution in [2.45, 2.75) is 24.3 Å². The third-order valence-electron chi connectivity index (χ3n) is 2.73. The molecule has 7 heteroatoms. The van der Waals surface area contributed by atoms with Gasteiger partial charge in [0, 0.05) is 13.7 Å². The first-order chi connectivity index (χ1) is 9.30. The molecule has 0 radical (unpaired) electrons. The summed E-state index contributed by atoms with van der Waals surface area (Å²) in [6, 6.07) is 6.00. The summed E-state index contributed by atoms with van der Waals surface area (Å²) in [5.74, 6) is 0.509. The molecular formula is C13H21NO5S. The van der Waals surface area contributed by atoms with Crippen molar-refractivity contribution in [3.05, 3.63) is 24.3 Å². The maximum Gasteiger partial charge on any atom is 0.240 e. The molecule has 1 aromatic carbocycles. The molecule has 0 aliphatic carbocycles. The predicted molar refractivity (Wildman–Crippen MR) is 75.3 cm³/mol. The Kier molecular flexibility index (Phi) is 5.94. The van der Waals surface area contributed by atoms with E-state index in [0.29, 0.717) is 5.75 Å². The van der Waals surface area contributed by atoms with E-state index in [4.69, 9.17) is 14.6 Å². The maximum atomic E-state index is 12.1.